The summed E-state index contributed by atoms with van der Waals surface area (Å²) >= 11 is 0. The zero-order valence-electron chi connectivity index (χ0n) is 35.1. The molecule has 4 fully saturated rings. The van der Waals surface area contributed by atoms with Crippen molar-refractivity contribution in [3.8, 4) is 11.1 Å². The fourth-order valence-electron chi connectivity index (χ4n) is 9.79. The topological polar surface area (TPSA) is 193 Å². The second-order valence-corrected chi connectivity index (χ2v) is 19.3. The first-order valence-electron chi connectivity index (χ1n) is 21.6. The molecule has 5 aliphatic heterocycles. The van der Waals surface area contributed by atoms with E-state index in [1.807, 2.05) is 35.1 Å². The van der Waals surface area contributed by atoms with Crippen molar-refractivity contribution in [2.45, 2.75) is 50.7 Å². The summed E-state index contributed by atoms with van der Waals surface area (Å²) in [6.45, 7) is 4.65. The molecule has 2 atom stereocenters. The molecule has 4 amide bonds. The molecule has 2 aromatic carbocycles. The highest BCUT2D eigenvalue weighted by atomic mass is 32.2. The van der Waals surface area contributed by atoms with E-state index in [9.17, 15) is 32.0 Å². The monoisotopic (exact) mass is 910 g/mol. The van der Waals surface area contributed by atoms with Gasteiger partial charge in [0.25, 0.3) is 0 Å². The van der Waals surface area contributed by atoms with Crippen LogP contribution in [0.5, 0.6) is 0 Å². The Balaban J connectivity index is 0.744. The van der Waals surface area contributed by atoms with Gasteiger partial charge in [-0.1, -0.05) is 24.3 Å². The maximum Gasteiger partial charge on any atom is 0.323 e. The molecule has 8 heterocycles. The van der Waals surface area contributed by atoms with Gasteiger partial charge in [0.2, 0.25) is 17.6 Å². The zero-order valence-corrected chi connectivity index (χ0v) is 35.9. The number of ketones is 1. The predicted octanol–water partition coefficient (Wildman–Crippen LogP) is 4.47. The SMILES string of the molecule is O=C1CC[C@@H](NC(=O)N2CCCc3c(N4CC5(CN(CCc6ccc(-c7cnc8[nH]cc(C(=O)c9c(F)ccc(NS(=O)(=O)N%10CC[C@@H](F)C%10)c9F)c8c7)cc6)C5)C4)ccnc32)C(=O)N1. The number of aromatic amines is 1. The van der Waals surface area contributed by atoms with Crippen LogP contribution in [0.1, 0.15) is 52.7 Å². The molecule has 20 heteroatoms. The summed E-state index contributed by atoms with van der Waals surface area (Å²) in [7, 11) is -4.36. The van der Waals surface area contributed by atoms with Crippen LogP contribution in [0.4, 0.5) is 35.2 Å². The molecule has 0 bridgehead atoms. The number of piperidine rings is 1. The van der Waals surface area contributed by atoms with Crippen LogP contribution in [-0.2, 0) is 32.6 Å². The molecular formula is C45H45F3N10O6S. The molecule has 1 spiro atoms. The standard InChI is InChI=1S/C45H45F3N10O6S/c46-29-13-17-57(21-29)65(63,64)54-34-8-7-33(47)38(39(34)48)40(60)32-20-51-41-31(32)18-28(19-50-41)27-5-3-26(4-6-27)12-16-55-22-45(23-55)24-56(25-45)36-11-14-49-42-30(36)2-1-15-58(42)44(62)52-35-9-10-37(59)53-43(35)61/h3-8,11,14,18-20,29,35,54H,1-2,9-10,12-13,15-17,21-25H2,(H,50,51)(H,52,62)(H,53,59,61)/t29-,35-/m1/s1. The van der Waals surface area contributed by atoms with Crippen molar-refractivity contribution in [3.63, 3.8) is 0 Å². The molecule has 338 valence electrons. The molecule has 3 aromatic heterocycles. The maximum atomic E-state index is 15.7. The van der Waals surface area contributed by atoms with Crippen LogP contribution in [0, 0.1) is 17.0 Å². The van der Waals surface area contributed by atoms with E-state index < -0.39 is 63.0 Å². The van der Waals surface area contributed by atoms with E-state index in [0.717, 1.165) is 90.8 Å². The Kier molecular flexibility index (Phi) is 10.8. The van der Waals surface area contributed by atoms with Crippen molar-refractivity contribution < 1.29 is 40.8 Å². The summed E-state index contributed by atoms with van der Waals surface area (Å²) in [4.78, 5) is 69.1. The van der Waals surface area contributed by atoms with Crippen molar-refractivity contribution in [1.29, 1.82) is 0 Å². The van der Waals surface area contributed by atoms with Crippen molar-refractivity contribution >= 4 is 62.1 Å². The van der Waals surface area contributed by atoms with Crippen LogP contribution in [-0.4, -0.2) is 121 Å². The largest absolute Gasteiger partial charge is 0.370 e. The van der Waals surface area contributed by atoms with E-state index >= 15 is 8.78 Å². The molecule has 16 nitrogen and oxygen atoms in total. The summed E-state index contributed by atoms with van der Waals surface area (Å²) in [6.07, 6.45) is 6.18. The molecule has 0 saturated carbocycles. The van der Waals surface area contributed by atoms with Gasteiger partial charge in [-0.15, -0.1) is 0 Å². The van der Waals surface area contributed by atoms with Crippen LogP contribution < -0.4 is 25.2 Å². The summed E-state index contributed by atoms with van der Waals surface area (Å²) in [5.74, 6) is -3.79. The first kappa shape index (κ1) is 42.6. The minimum Gasteiger partial charge on any atom is -0.370 e. The van der Waals surface area contributed by atoms with Crippen LogP contribution in [0.15, 0.2) is 67.1 Å². The number of nitrogens with one attached hydrogen (secondary N) is 4. The Morgan fingerprint density at radius 2 is 1.74 bits per heavy atom. The molecule has 10 rings (SSSR count). The number of fused-ring (bicyclic) bond motifs is 2. The number of carbonyl (C=O) groups is 4. The Labute approximate surface area is 371 Å². The van der Waals surface area contributed by atoms with Crippen molar-refractivity contribution in [1.82, 2.24) is 34.8 Å². The van der Waals surface area contributed by atoms with Crippen molar-refractivity contribution in [2.24, 2.45) is 5.41 Å². The number of anilines is 3. The number of imide groups is 1. The number of hydrogen-bond acceptors (Lipinski definition) is 10. The number of halogens is 3. The summed E-state index contributed by atoms with van der Waals surface area (Å²) < 4.78 is 73.0. The van der Waals surface area contributed by atoms with E-state index in [2.05, 4.69) is 35.4 Å². The number of alkyl halides is 1. The van der Waals surface area contributed by atoms with E-state index in [1.54, 1.807) is 23.4 Å². The molecule has 0 aliphatic carbocycles. The fraction of sp³-hybridized carbons (Fsp3) is 0.378. The van der Waals surface area contributed by atoms with Gasteiger partial charge in [-0.25, -0.2) is 27.9 Å². The normalized spacial score (nSPS) is 20.9. The molecule has 0 radical (unpaired) electrons. The summed E-state index contributed by atoms with van der Waals surface area (Å²) in [5, 5.41) is 5.40. The average molecular weight is 911 g/mol. The summed E-state index contributed by atoms with van der Waals surface area (Å²) in [6, 6.07) is 12.3. The average Bonchev–Trinajstić information content (AvgIpc) is 3.91. The highest BCUT2D eigenvalue weighted by Gasteiger charge is 2.52. The number of carbonyl (C=O) groups excluding carboxylic acids is 4. The number of pyridine rings is 2. The lowest BCUT2D eigenvalue weighted by molar-refractivity contribution is -0.134. The van der Waals surface area contributed by atoms with Crippen LogP contribution >= 0.6 is 0 Å². The Bertz CT molecular complexity index is 2860. The quantitative estimate of drug-likeness (QED) is 0.109. The van der Waals surface area contributed by atoms with Crippen molar-refractivity contribution in [2.75, 3.05) is 66.9 Å². The minimum atomic E-state index is -4.36. The highest BCUT2D eigenvalue weighted by molar-refractivity contribution is 7.90. The number of benzene rings is 2. The smallest absolute Gasteiger partial charge is 0.323 e. The lowest BCUT2D eigenvalue weighted by Gasteiger charge is -2.61. The van der Waals surface area contributed by atoms with Gasteiger partial charge in [0.15, 0.2) is 5.82 Å². The van der Waals surface area contributed by atoms with Crippen LogP contribution in [0.25, 0.3) is 22.2 Å². The van der Waals surface area contributed by atoms with Gasteiger partial charge >= 0.3 is 16.2 Å². The molecule has 4 N–H and O–H groups in total. The first-order chi connectivity index (χ1) is 31.2. The number of H-pyrrole nitrogens is 1. The third-order valence-electron chi connectivity index (χ3n) is 13.1. The first-order valence-corrected chi connectivity index (χ1v) is 23.1. The van der Waals surface area contributed by atoms with Gasteiger partial charge in [-0.05, 0) is 67.5 Å². The lowest BCUT2D eigenvalue weighted by atomic mass is 9.72. The molecule has 65 heavy (non-hydrogen) atoms. The second-order valence-electron chi connectivity index (χ2n) is 17.6. The maximum absolute atomic E-state index is 15.7. The number of aromatic nitrogens is 3. The van der Waals surface area contributed by atoms with Crippen LogP contribution in [0.2, 0.25) is 0 Å². The minimum absolute atomic E-state index is 0.000744. The number of amides is 4. The molecule has 4 saturated heterocycles. The Hall–Kier alpha value is -6.38. The van der Waals surface area contributed by atoms with E-state index in [0.29, 0.717) is 29.0 Å². The highest BCUT2D eigenvalue weighted by Crippen LogP contribution is 2.45. The van der Waals surface area contributed by atoms with Gasteiger partial charge in [0, 0.05) is 111 Å². The van der Waals surface area contributed by atoms with E-state index in [4.69, 9.17) is 0 Å². The lowest BCUT2D eigenvalue weighted by Crippen LogP contribution is -2.72. The van der Waals surface area contributed by atoms with Gasteiger partial charge in [-0.2, -0.15) is 12.7 Å². The molecule has 0 unspecified atom stereocenters. The molecule has 5 aliphatic rings. The number of rotatable bonds is 11. The van der Waals surface area contributed by atoms with E-state index in [1.165, 1.54) is 6.20 Å². The Morgan fingerprint density at radius 3 is 2.49 bits per heavy atom. The summed E-state index contributed by atoms with van der Waals surface area (Å²) in [5.41, 5.74) is 3.65. The third-order valence-corrected chi connectivity index (χ3v) is 14.6. The fourth-order valence-corrected chi connectivity index (χ4v) is 11.1. The number of hydrogen-bond donors (Lipinski definition) is 4. The molecule has 5 aromatic rings. The van der Waals surface area contributed by atoms with Gasteiger partial charge in [0.1, 0.15) is 29.5 Å². The van der Waals surface area contributed by atoms with Gasteiger partial charge in [0.05, 0.1) is 11.3 Å². The third kappa shape index (κ3) is 8.07. The van der Waals surface area contributed by atoms with Crippen molar-refractivity contribution in [3.05, 3.63) is 101 Å². The number of nitrogens with zero attached hydrogens (tertiary/aromatic N) is 6. The van der Waals surface area contributed by atoms with Gasteiger partial charge in [-0.3, -0.25) is 29.3 Å². The zero-order chi connectivity index (χ0) is 45.2. The Morgan fingerprint density at radius 1 is 0.938 bits per heavy atom. The van der Waals surface area contributed by atoms with E-state index in [-0.39, 0.29) is 49.2 Å². The molecular weight excluding hydrogens is 866 g/mol. The predicted molar refractivity (Wildman–Crippen MR) is 234 cm³/mol. The van der Waals surface area contributed by atoms with Gasteiger partial charge < -0.3 is 20.1 Å². The number of likely N-dealkylation sites (tertiary alicyclic amines) is 1. The van der Waals surface area contributed by atoms with Crippen LogP contribution in [0.3, 0.4) is 0 Å². The number of urea groups is 1. The second kappa shape index (κ2) is 16.6.